The summed E-state index contributed by atoms with van der Waals surface area (Å²) in [6.07, 6.45) is 5.94. The molecule has 0 aliphatic carbocycles. The second-order valence-electron chi connectivity index (χ2n) is 8.50. The quantitative estimate of drug-likeness (QED) is 0.143. The van der Waals surface area contributed by atoms with Crippen molar-refractivity contribution in [2.75, 3.05) is 6.61 Å². The Kier molecular flexibility index (Phi) is 10.4. The van der Waals surface area contributed by atoms with Crippen molar-refractivity contribution in [1.82, 2.24) is 35.9 Å². The molecule has 0 bridgehead atoms. The van der Waals surface area contributed by atoms with Crippen molar-refractivity contribution in [3.05, 3.63) is 36.4 Å². The number of nitrogens with two attached hydrogens (primary N) is 1. The van der Waals surface area contributed by atoms with Crippen LogP contribution in [0.2, 0.25) is 0 Å². The number of rotatable bonds is 14. The predicted molar refractivity (Wildman–Crippen MR) is 123 cm³/mol. The van der Waals surface area contributed by atoms with Gasteiger partial charge in [-0.25, -0.2) is 14.8 Å². The van der Waals surface area contributed by atoms with E-state index in [1.807, 2.05) is 13.8 Å². The van der Waals surface area contributed by atoms with Crippen molar-refractivity contribution < 1.29 is 29.4 Å². The molecule has 3 amide bonds. The highest BCUT2D eigenvalue weighted by atomic mass is 16.4. The van der Waals surface area contributed by atoms with Gasteiger partial charge in [0.2, 0.25) is 17.7 Å². The van der Waals surface area contributed by atoms with Crippen molar-refractivity contribution in [3.63, 3.8) is 0 Å². The van der Waals surface area contributed by atoms with Crippen LogP contribution in [0.1, 0.15) is 31.7 Å². The number of aliphatic hydroxyl groups excluding tert-OH is 1. The molecule has 9 N–H and O–H groups in total. The molecule has 4 unspecified atom stereocenters. The lowest BCUT2D eigenvalue weighted by atomic mass is 10.0. The average Bonchev–Trinajstić information content (AvgIpc) is 3.50. The van der Waals surface area contributed by atoms with Gasteiger partial charge in [-0.1, -0.05) is 13.8 Å². The summed E-state index contributed by atoms with van der Waals surface area (Å²) in [6.45, 7) is 3.07. The third-order valence-corrected chi connectivity index (χ3v) is 5.08. The van der Waals surface area contributed by atoms with Gasteiger partial charge in [-0.2, -0.15) is 0 Å². The Bertz CT molecular complexity index is 963. The van der Waals surface area contributed by atoms with Crippen molar-refractivity contribution in [2.24, 2.45) is 11.7 Å². The lowest BCUT2D eigenvalue weighted by Crippen LogP contribution is -2.58. The van der Waals surface area contributed by atoms with Crippen LogP contribution in [0.15, 0.2) is 25.0 Å². The maximum absolute atomic E-state index is 13.1. The van der Waals surface area contributed by atoms with Crippen molar-refractivity contribution >= 4 is 23.7 Å². The van der Waals surface area contributed by atoms with E-state index in [0.29, 0.717) is 11.4 Å². The van der Waals surface area contributed by atoms with E-state index in [4.69, 9.17) is 10.8 Å². The summed E-state index contributed by atoms with van der Waals surface area (Å²) in [5, 5.41) is 26.2. The first-order valence-electron chi connectivity index (χ1n) is 11.1. The van der Waals surface area contributed by atoms with E-state index < -0.39 is 54.5 Å². The van der Waals surface area contributed by atoms with E-state index in [0.717, 1.165) is 0 Å². The first kappa shape index (κ1) is 27.5. The number of nitrogens with one attached hydrogen (secondary N) is 5. The fraction of sp³-hybridized carbons (Fsp3) is 0.524. The minimum atomic E-state index is -1.25. The summed E-state index contributed by atoms with van der Waals surface area (Å²) < 4.78 is 0. The molecule has 2 aromatic rings. The summed E-state index contributed by atoms with van der Waals surface area (Å²) in [5.41, 5.74) is 6.61. The number of aromatic nitrogens is 4. The molecule has 2 heterocycles. The fourth-order valence-corrected chi connectivity index (χ4v) is 3.25. The van der Waals surface area contributed by atoms with E-state index in [1.165, 1.54) is 25.0 Å². The molecule has 0 aliphatic heterocycles. The Balaban J connectivity index is 2.16. The van der Waals surface area contributed by atoms with Gasteiger partial charge in [0.1, 0.15) is 24.2 Å². The van der Waals surface area contributed by atoms with E-state index >= 15 is 0 Å². The highest BCUT2D eigenvalue weighted by Gasteiger charge is 2.31. The number of aliphatic carboxylic acids is 1. The van der Waals surface area contributed by atoms with Crippen LogP contribution in [0.25, 0.3) is 0 Å². The lowest BCUT2D eigenvalue weighted by Gasteiger charge is -2.25. The summed E-state index contributed by atoms with van der Waals surface area (Å²) in [4.78, 5) is 63.4. The van der Waals surface area contributed by atoms with Gasteiger partial charge in [-0.15, -0.1) is 0 Å². The zero-order chi connectivity index (χ0) is 26.0. The number of hydrogen-bond acceptors (Lipinski definition) is 8. The molecule has 0 aromatic carbocycles. The van der Waals surface area contributed by atoms with Gasteiger partial charge in [0, 0.05) is 36.6 Å². The monoisotopic (exact) mass is 492 g/mol. The van der Waals surface area contributed by atoms with E-state index in [-0.39, 0.29) is 25.2 Å². The van der Waals surface area contributed by atoms with Crippen molar-refractivity contribution in [1.29, 1.82) is 0 Å². The lowest BCUT2D eigenvalue weighted by molar-refractivity contribution is -0.142. The number of H-pyrrole nitrogens is 2. The fourth-order valence-electron chi connectivity index (χ4n) is 3.25. The largest absolute Gasteiger partial charge is 0.480 e. The number of carboxylic acid groups (broad SMARTS) is 1. The van der Waals surface area contributed by atoms with Crippen LogP contribution in [-0.4, -0.2) is 84.6 Å². The van der Waals surface area contributed by atoms with E-state index in [1.54, 1.807) is 0 Å². The predicted octanol–water partition coefficient (Wildman–Crippen LogP) is -2.18. The number of amides is 3. The standard InChI is InChI=1S/C21H32N8O6/c1-11(2)3-15(19(32)29-17(21(34)35)5-13-7-24-10-26-13)28-20(33)16(4-12-6-23-9-25-12)27-18(31)14(22)8-30/h6-7,9-11,14-17,30H,3-5,8,22H2,1-2H3,(H,23,25)(H,24,26)(H,27,31)(H,28,33)(H,29,32)(H,34,35). The number of carbonyl (C=O) groups excluding carboxylic acids is 3. The van der Waals surface area contributed by atoms with E-state index in [2.05, 4.69) is 35.9 Å². The van der Waals surface area contributed by atoms with Crippen molar-refractivity contribution in [3.8, 4) is 0 Å². The Morgan fingerprint density at radius 3 is 1.83 bits per heavy atom. The molecule has 0 aliphatic rings. The second kappa shape index (κ2) is 13.2. The first-order valence-corrected chi connectivity index (χ1v) is 11.1. The Morgan fingerprint density at radius 1 is 0.886 bits per heavy atom. The molecule has 0 radical (unpaired) electrons. The van der Waals surface area contributed by atoms with Crippen LogP contribution in [0.3, 0.4) is 0 Å². The normalized spacial score (nSPS) is 14.5. The topological polar surface area (TPSA) is 228 Å². The molecule has 0 saturated heterocycles. The summed E-state index contributed by atoms with van der Waals surface area (Å²) in [6, 6.07) is -4.69. The Morgan fingerprint density at radius 2 is 1.37 bits per heavy atom. The molecule has 35 heavy (non-hydrogen) atoms. The van der Waals surface area contributed by atoms with Gasteiger partial charge in [-0.3, -0.25) is 14.4 Å². The van der Waals surface area contributed by atoms with Gasteiger partial charge in [-0.05, 0) is 12.3 Å². The molecule has 192 valence electrons. The van der Waals surface area contributed by atoms with Gasteiger partial charge >= 0.3 is 5.97 Å². The molecular formula is C21H32N8O6. The molecule has 0 fully saturated rings. The highest BCUT2D eigenvalue weighted by molar-refractivity contribution is 5.94. The van der Waals surface area contributed by atoms with Crippen LogP contribution < -0.4 is 21.7 Å². The summed E-state index contributed by atoms with van der Waals surface area (Å²) >= 11 is 0. The molecule has 4 atom stereocenters. The molecule has 0 spiro atoms. The minimum Gasteiger partial charge on any atom is -0.480 e. The molecule has 2 rings (SSSR count). The number of aliphatic hydroxyl groups is 1. The average molecular weight is 493 g/mol. The van der Waals surface area contributed by atoms with Crippen molar-refractivity contribution in [2.45, 2.75) is 57.3 Å². The second-order valence-corrected chi connectivity index (χ2v) is 8.50. The molecule has 14 heteroatoms. The highest BCUT2D eigenvalue weighted by Crippen LogP contribution is 2.08. The third kappa shape index (κ3) is 8.83. The molecule has 2 aromatic heterocycles. The SMILES string of the molecule is CC(C)CC(NC(=O)C(Cc1cnc[nH]1)NC(=O)C(N)CO)C(=O)NC(Cc1cnc[nH]1)C(=O)O. The number of aromatic amines is 2. The minimum absolute atomic E-state index is 0.0172. The summed E-state index contributed by atoms with van der Waals surface area (Å²) in [7, 11) is 0. The zero-order valence-electron chi connectivity index (χ0n) is 19.5. The number of imidazole rings is 2. The number of nitrogens with zero attached hydrogens (tertiary/aromatic N) is 2. The van der Waals surface area contributed by atoms with Crippen LogP contribution in [0, 0.1) is 5.92 Å². The Hall–Kier alpha value is -3.78. The summed E-state index contributed by atoms with van der Waals surface area (Å²) in [5.74, 6) is -3.38. The van der Waals surface area contributed by atoms with Crippen LogP contribution in [-0.2, 0) is 32.0 Å². The van der Waals surface area contributed by atoms with Gasteiger partial charge in [0.15, 0.2) is 0 Å². The number of carbonyl (C=O) groups is 4. The third-order valence-electron chi connectivity index (χ3n) is 5.08. The number of carboxylic acids is 1. The van der Waals surface area contributed by atoms with Gasteiger partial charge < -0.3 is 41.9 Å². The molecule has 14 nitrogen and oxygen atoms in total. The smallest absolute Gasteiger partial charge is 0.326 e. The number of hydrogen-bond donors (Lipinski definition) is 8. The van der Waals surface area contributed by atoms with Gasteiger partial charge in [0.25, 0.3) is 0 Å². The maximum Gasteiger partial charge on any atom is 0.326 e. The zero-order valence-corrected chi connectivity index (χ0v) is 19.5. The molecule has 0 saturated carbocycles. The van der Waals surface area contributed by atoms with E-state index in [9.17, 15) is 24.3 Å². The van der Waals surface area contributed by atoms with Gasteiger partial charge in [0.05, 0.1) is 19.3 Å². The van der Waals surface area contributed by atoms with Crippen LogP contribution >= 0.6 is 0 Å². The van der Waals surface area contributed by atoms with Crippen LogP contribution in [0.5, 0.6) is 0 Å². The first-order chi connectivity index (χ1) is 16.6. The maximum atomic E-state index is 13.1. The van der Waals surface area contributed by atoms with Crippen LogP contribution in [0.4, 0.5) is 0 Å². The molecular weight excluding hydrogens is 460 g/mol. The Labute approximate surface area is 201 Å².